The van der Waals surface area contributed by atoms with Crippen LogP contribution in [-0.4, -0.2) is 19.1 Å². The van der Waals surface area contributed by atoms with E-state index in [4.69, 9.17) is 33.9 Å². The van der Waals surface area contributed by atoms with E-state index in [-0.39, 0.29) is 5.56 Å². The predicted molar refractivity (Wildman–Crippen MR) is 136 cm³/mol. The predicted octanol–water partition coefficient (Wildman–Crippen LogP) is 4.89. The van der Waals surface area contributed by atoms with Gasteiger partial charge in [0.2, 0.25) is 0 Å². The largest absolute Gasteiger partial charge is 0.336 e. The van der Waals surface area contributed by atoms with Crippen molar-refractivity contribution in [3.05, 3.63) is 117 Å². The molecule has 2 N–H and O–H groups in total. The van der Waals surface area contributed by atoms with Crippen molar-refractivity contribution in [2.45, 2.75) is 5.54 Å². The summed E-state index contributed by atoms with van der Waals surface area (Å²) in [7, 11) is 3.60. The molecule has 0 unspecified atom stereocenters. The van der Waals surface area contributed by atoms with E-state index < -0.39 is 5.54 Å². The molecule has 1 atom stereocenters. The number of imidazole rings is 1. The summed E-state index contributed by atoms with van der Waals surface area (Å²) in [5.74, 6) is 0. The van der Waals surface area contributed by atoms with Crippen LogP contribution in [0.5, 0.6) is 0 Å². The van der Waals surface area contributed by atoms with E-state index in [1.54, 1.807) is 37.9 Å². The van der Waals surface area contributed by atoms with Gasteiger partial charge in [-0.25, -0.2) is 9.97 Å². The monoisotopic (exact) mass is 489 g/mol. The normalized spacial score (nSPS) is 13.2. The van der Waals surface area contributed by atoms with Crippen LogP contribution in [0, 0.1) is 0 Å². The number of hydrogen-bond acceptors (Lipinski definition) is 4. The van der Waals surface area contributed by atoms with E-state index in [0.29, 0.717) is 15.7 Å². The molecule has 6 nitrogen and oxygen atoms in total. The number of benzene rings is 2. The first-order valence-electron chi connectivity index (χ1n) is 10.6. The average Bonchev–Trinajstić information content (AvgIpc) is 3.27. The van der Waals surface area contributed by atoms with Crippen LogP contribution in [0.2, 0.25) is 10.0 Å². The average molecular weight is 490 g/mol. The number of nitrogens with zero attached hydrogens (tertiary/aromatic N) is 4. The summed E-state index contributed by atoms with van der Waals surface area (Å²) in [6.45, 7) is 0. The zero-order valence-corrected chi connectivity index (χ0v) is 20.0. The van der Waals surface area contributed by atoms with Gasteiger partial charge in [0.1, 0.15) is 11.2 Å². The second-order valence-corrected chi connectivity index (χ2v) is 9.14. The molecule has 3 aromatic heterocycles. The van der Waals surface area contributed by atoms with Gasteiger partial charge in [0.25, 0.3) is 5.56 Å². The Labute approximate surface area is 206 Å². The molecule has 34 heavy (non-hydrogen) atoms. The van der Waals surface area contributed by atoms with Gasteiger partial charge < -0.3 is 10.3 Å². The Morgan fingerprint density at radius 2 is 1.68 bits per heavy atom. The zero-order chi connectivity index (χ0) is 24.0. The van der Waals surface area contributed by atoms with Gasteiger partial charge >= 0.3 is 0 Å². The molecule has 0 bridgehead atoms. The van der Waals surface area contributed by atoms with Crippen LogP contribution in [0.1, 0.15) is 16.8 Å². The number of aromatic nitrogens is 4. The Morgan fingerprint density at radius 1 is 0.912 bits per heavy atom. The summed E-state index contributed by atoms with van der Waals surface area (Å²) >= 11 is 12.4. The number of halogens is 2. The fourth-order valence-corrected chi connectivity index (χ4v) is 4.66. The van der Waals surface area contributed by atoms with E-state index in [1.807, 2.05) is 60.1 Å². The lowest BCUT2D eigenvalue weighted by atomic mass is 9.81. The van der Waals surface area contributed by atoms with Crippen LogP contribution in [0.15, 0.2) is 84.2 Å². The van der Waals surface area contributed by atoms with Crippen LogP contribution >= 0.6 is 23.2 Å². The standard InChI is InChI=1S/C26H21Cl2N5O/c1-32-15-30-14-23(32)26(29,17-6-8-19(27)9-7-17)18-11-22-21(16-4-3-5-20(28)10-16)12-24(34)33(2)25(22)31-13-18/h3-15H,29H2,1-2H3/t26-/m1/s1. The summed E-state index contributed by atoms with van der Waals surface area (Å²) < 4.78 is 3.41. The SMILES string of the molecule is Cn1cncc1[C@@](N)(c1ccc(Cl)cc1)c1cnc2c(c1)c(-c1cccc(Cl)c1)cc(=O)n2C. The molecule has 0 saturated heterocycles. The molecule has 170 valence electrons. The highest BCUT2D eigenvalue weighted by Gasteiger charge is 2.35. The van der Waals surface area contributed by atoms with E-state index in [1.165, 1.54) is 4.57 Å². The maximum Gasteiger partial charge on any atom is 0.252 e. The van der Waals surface area contributed by atoms with Crippen LogP contribution in [0.4, 0.5) is 0 Å². The molecule has 0 aliphatic rings. The van der Waals surface area contributed by atoms with Crippen molar-refractivity contribution < 1.29 is 0 Å². The Balaban J connectivity index is 1.84. The van der Waals surface area contributed by atoms with Crippen molar-refractivity contribution in [3.63, 3.8) is 0 Å². The fraction of sp³-hybridized carbons (Fsp3) is 0.115. The third kappa shape index (κ3) is 3.60. The summed E-state index contributed by atoms with van der Waals surface area (Å²) in [5, 5.41) is 1.98. The Morgan fingerprint density at radius 3 is 2.35 bits per heavy atom. The first kappa shape index (κ1) is 22.3. The van der Waals surface area contributed by atoms with Crippen molar-refractivity contribution in [2.24, 2.45) is 19.8 Å². The Kier molecular flexibility index (Phi) is 5.52. The first-order chi connectivity index (χ1) is 16.3. The number of hydrogen-bond donors (Lipinski definition) is 1. The van der Waals surface area contributed by atoms with Gasteiger partial charge in [-0.15, -0.1) is 0 Å². The summed E-state index contributed by atoms with van der Waals surface area (Å²) in [4.78, 5) is 21.7. The van der Waals surface area contributed by atoms with Crippen molar-refractivity contribution in [2.75, 3.05) is 0 Å². The number of aryl methyl sites for hydroxylation is 2. The molecule has 8 heteroatoms. The highest BCUT2D eigenvalue weighted by Crippen LogP contribution is 2.37. The molecule has 0 radical (unpaired) electrons. The lowest BCUT2D eigenvalue weighted by Gasteiger charge is -2.31. The lowest BCUT2D eigenvalue weighted by Crippen LogP contribution is -2.41. The topological polar surface area (TPSA) is 78.7 Å². The van der Waals surface area contributed by atoms with Crippen molar-refractivity contribution in [1.29, 1.82) is 0 Å². The minimum atomic E-state index is -1.07. The molecule has 0 fully saturated rings. The van der Waals surface area contributed by atoms with Gasteiger partial charge in [-0.3, -0.25) is 9.36 Å². The van der Waals surface area contributed by atoms with Gasteiger partial charge in [-0.05, 0) is 47.0 Å². The molecule has 0 aliphatic carbocycles. The zero-order valence-electron chi connectivity index (χ0n) is 18.5. The molecule has 0 amide bonds. The minimum Gasteiger partial charge on any atom is -0.336 e. The quantitative estimate of drug-likeness (QED) is 0.389. The van der Waals surface area contributed by atoms with Gasteiger partial charge in [-0.1, -0.05) is 47.5 Å². The summed E-state index contributed by atoms with van der Waals surface area (Å²) in [5.41, 5.74) is 10.4. The summed E-state index contributed by atoms with van der Waals surface area (Å²) in [6.07, 6.45) is 5.17. The fourth-order valence-electron chi connectivity index (χ4n) is 4.35. The van der Waals surface area contributed by atoms with Crippen LogP contribution in [-0.2, 0) is 19.6 Å². The van der Waals surface area contributed by atoms with Gasteiger partial charge in [0, 0.05) is 47.4 Å². The van der Waals surface area contributed by atoms with Crippen molar-refractivity contribution in [1.82, 2.24) is 19.1 Å². The van der Waals surface area contributed by atoms with Crippen molar-refractivity contribution in [3.8, 4) is 11.1 Å². The second-order valence-electron chi connectivity index (χ2n) is 8.27. The molecule has 3 heterocycles. The van der Waals surface area contributed by atoms with Gasteiger partial charge in [0.15, 0.2) is 0 Å². The molecular weight excluding hydrogens is 469 g/mol. The molecular formula is C26H21Cl2N5O. The molecule has 0 aliphatic heterocycles. The summed E-state index contributed by atoms with van der Waals surface area (Å²) in [6, 6.07) is 18.4. The van der Waals surface area contributed by atoms with Gasteiger partial charge in [-0.2, -0.15) is 0 Å². The van der Waals surface area contributed by atoms with Crippen molar-refractivity contribution >= 4 is 34.2 Å². The van der Waals surface area contributed by atoms with E-state index in [2.05, 4.69) is 4.98 Å². The van der Waals surface area contributed by atoms with E-state index in [0.717, 1.165) is 33.3 Å². The molecule has 0 spiro atoms. The highest BCUT2D eigenvalue weighted by atomic mass is 35.5. The first-order valence-corrected chi connectivity index (χ1v) is 11.3. The molecule has 5 aromatic rings. The number of rotatable bonds is 4. The number of nitrogens with two attached hydrogens (primary N) is 1. The number of pyridine rings is 2. The molecule has 0 saturated carbocycles. The maximum atomic E-state index is 12.7. The second kappa shape index (κ2) is 8.40. The lowest BCUT2D eigenvalue weighted by molar-refractivity contribution is 0.594. The Hall–Kier alpha value is -3.45. The highest BCUT2D eigenvalue weighted by molar-refractivity contribution is 6.31. The maximum absolute atomic E-state index is 12.7. The molecule has 2 aromatic carbocycles. The van der Waals surface area contributed by atoms with E-state index >= 15 is 0 Å². The van der Waals surface area contributed by atoms with Crippen LogP contribution < -0.4 is 11.3 Å². The van der Waals surface area contributed by atoms with Gasteiger partial charge in [0.05, 0.1) is 18.2 Å². The van der Waals surface area contributed by atoms with Crippen LogP contribution in [0.3, 0.4) is 0 Å². The third-order valence-corrected chi connectivity index (χ3v) is 6.67. The Bertz CT molecular complexity index is 1590. The van der Waals surface area contributed by atoms with E-state index in [9.17, 15) is 4.79 Å². The molecule has 5 rings (SSSR count). The smallest absolute Gasteiger partial charge is 0.252 e. The minimum absolute atomic E-state index is 0.161. The van der Waals surface area contributed by atoms with Crippen LogP contribution in [0.25, 0.3) is 22.2 Å². The third-order valence-electron chi connectivity index (χ3n) is 6.18. The number of fused-ring (bicyclic) bond motifs is 1.